The highest BCUT2D eigenvalue weighted by molar-refractivity contribution is 6.03. The third-order valence-electron chi connectivity index (χ3n) is 6.41. The number of nitrogen functional groups attached to an aromatic ring is 1. The van der Waals surface area contributed by atoms with Crippen LogP contribution >= 0.6 is 0 Å². The molecule has 1 saturated heterocycles. The maximum atomic E-state index is 12.2. The number of primary amides is 1. The van der Waals surface area contributed by atoms with E-state index in [1.165, 1.54) is 0 Å². The number of benzene rings is 1. The number of hydrogen-bond donors (Lipinski definition) is 2. The van der Waals surface area contributed by atoms with Gasteiger partial charge in [-0.1, -0.05) is 31.5 Å². The number of pyridine rings is 1. The van der Waals surface area contributed by atoms with Gasteiger partial charge in [-0.15, -0.1) is 0 Å². The molecule has 2 aliphatic rings. The smallest absolute Gasteiger partial charge is 0.298 e. The van der Waals surface area contributed by atoms with Crippen molar-refractivity contribution in [2.24, 2.45) is 11.1 Å². The molecule has 5 rings (SSSR count). The Kier molecular flexibility index (Phi) is 6.22. The number of rotatable bonds is 5. The third kappa shape index (κ3) is 4.30. The highest BCUT2D eigenvalue weighted by Crippen LogP contribution is 2.54. The van der Waals surface area contributed by atoms with Crippen LogP contribution in [0.1, 0.15) is 43.6 Å². The fraction of sp³-hybridized carbons (Fsp3) is 0.308. The molecule has 3 aromatic rings. The molecule has 180 valence electrons. The van der Waals surface area contributed by atoms with Crippen LogP contribution in [0.4, 0.5) is 5.82 Å². The van der Waals surface area contributed by atoms with Crippen LogP contribution in [0.15, 0.2) is 48.7 Å². The second-order valence-electron chi connectivity index (χ2n) is 8.81. The van der Waals surface area contributed by atoms with Crippen LogP contribution in [0.3, 0.4) is 0 Å². The zero-order valence-corrected chi connectivity index (χ0v) is 18.7. The van der Waals surface area contributed by atoms with Gasteiger partial charge >= 0.3 is 0 Å². The zero-order valence-electron chi connectivity index (χ0n) is 18.7. The number of aromatic nitrogens is 3. The number of carbonyl (C=O) groups excluding carboxylic acids is 2. The summed E-state index contributed by atoms with van der Waals surface area (Å²) in [7, 11) is 0. The van der Waals surface area contributed by atoms with Gasteiger partial charge in [0.05, 0.1) is 17.9 Å². The largest absolute Gasteiger partial charge is 0.456 e. The second-order valence-corrected chi connectivity index (χ2v) is 8.81. The standard InChI is InChI=1S/C25H24N6O3.CH4/c1-2-6-20(32)30-14-25(15-30)11-16(12-25)31-23(26)21(24(27)33)22(29-31)19-10-9-18(13-28-19)34-17-7-4-3-5-8-17;/h3-5,7-10,13,16H,11-12,14-15,26H2,1H3,(H2,27,33);1H4. The summed E-state index contributed by atoms with van der Waals surface area (Å²) in [5.74, 6) is 5.91. The van der Waals surface area contributed by atoms with Gasteiger partial charge in [-0.3, -0.25) is 14.6 Å². The molecule has 9 nitrogen and oxygen atoms in total. The summed E-state index contributed by atoms with van der Waals surface area (Å²) in [6.45, 7) is 3.01. The molecular weight excluding hydrogens is 444 g/mol. The zero-order chi connectivity index (χ0) is 23.9. The van der Waals surface area contributed by atoms with E-state index in [9.17, 15) is 9.59 Å². The lowest BCUT2D eigenvalue weighted by Crippen LogP contribution is -2.63. The molecule has 0 radical (unpaired) electrons. The predicted molar refractivity (Wildman–Crippen MR) is 132 cm³/mol. The van der Waals surface area contributed by atoms with E-state index >= 15 is 0 Å². The molecule has 3 heterocycles. The molecule has 1 aliphatic heterocycles. The summed E-state index contributed by atoms with van der Waals surface area (Å²) in [5, 5.41) is 4.63. The minimum Gasteiger partial charge on any atom is -0.456 e. The minimum atomic E-state index is -0.655. The van der Waals surface area contributed by atoms with Crippen LogP contribution in [0.2, 0.25) is 0 Å². The number of hydrogen-bond acceptors (Lipinski definition) is 6. The molecule has 1 aromatic carbocycles. The molecule has 0 bridgehead atoms. The van der Waals surface area contributed by atoms with Crippen molar-refractivity contribution in [1.29, 1.82) is 0 Å². The van der Waals surface area contributed by atoms with Crippen molar-refractivity contribution in [3.05, 3.63) is 54.2 Å². The fourth-order valence-electron chi connectivity index (χ4n) is 4.82. The van der Waals surface area contributed by atoms with E-state index in [0.29, 0.717) is 36.0 Å². The molecule has 2 fully saturated rings. The van der Waals surface area contributed by atoms with Crippen LogP contribution in [-0.2, 0) is 4.79 Å². The number of para-hydroxylation sites is 1. The quantitative estimate of drug-likeness (QED) is 0.549. The summed E-state index contributed by atoms with van der Waals surface area (Å²) >= 11 is 0. The Morgan fingerprint density at radius 3 is 2.43 bits per heavy atom. The number of nitrogens with two attached hydrogens (primary N) is 2. The van der Waals surface area contributed by atoms with Gasteiger partial charge in [-0.2, -0.15) is 5.10 Å². The Hall–Kier alpha value is -4.32. The van der Waals surface area contributed by atoms with Crippen molar-refractivity contribution in [3.63, 3.8) is 0 Å². The normalized spacial score (nSPS) is 15.7. The number of likely N-dealkylation sites (tertiary alicyclic amines) is 1. The number of amides is 2. The van der Waals surface area contributed by atoms with E-state index in [0.717, 1.165) is 12.8 Å². The molecule has 35 heavy (non-hydrogen) atoms. The van der Waals surface area contributed by atoms with Crippen molar-refractivity contribution in [1.82, 2.24) is 19.7 Å². The van der Waals surface area contributed by atoms with Gasteiger partial charge in [0.2, 0.25) is 0 Å². The molecule has 1 spiro atoms. The topological polar surface area (TPSA) is 129 Å². The van der Waals surface area contributed by atoms with Crippen molar-refractivity contribution < 1.29 is 14.3 Å². The maximum absolute atomic E-state index is 12.2. The highest BCUT2D eigenvalue weighted by atomic mass is 16.5. The SMILES string of the molecule is C.CC#CC(=O)N1CC2(CC(n3nc(-c4ccc(Oc5ccccc5)cn4)c(C(N)=O)c3N)C2)C1. The Balaban J connectivity index is 0.00000289. The summed E-state index contributed by atoms with van der Waals surface area (Å²) in [6, 6.07) is 12.9. The molecule has 0 unspecified atom stereocenters. The first kappa shape index (κ1) is 23.8. The van der Waals surface area contributed by atoms with E-state index in [1.807, 2.05) is 30.3 Å². The number of anilines is 1. The van der Waals surface area contributed by atoms with Crippen LogP contribution in [0.25, 0.3) is 11.4 Å². The molecule has 1 saturated carbocycles. The van der Waals surface area contributed by atoms with Gasteiger partial charge in [-0.25, -0.2) is 4.68 Å². The van der Waals surface area contributed by atoms with Crippen LogP contribution in [-0.4, -0.2) is 44.6 Å². The first-order valence-corrected chi connectivity index (χ1v) is 11.0. The fourth-order valence-corrected chi connectivity index (χ4v) is 4.82. The molecule has 2 amide bonds. The summed E-state index contributed by atoms with van der Waals surface area (Å²) < 4.78 is 7.46. The van der Waals surface area contributed by atoms with Crippen LogP contribution in [0, 0.1) is 17.3 Å². The lowest BCUT2D eigenvalue weighted by molar-refractivity contribution is -0.148. The molecule has 4 N–H and O–H groups in total. The van der Waals surface area contributed by atoms with Crippen molar-refractivity contribution in [3.8, 4) is 34.7 Å². The van der Waals surface area contributed by atoms with Crippen molar-refractivity contribution in [2.45, 2.75) is 33.2 Å². The van der Waals surface area contributed by atoms with E-state index in [1.54, 1.807) is 34.8 Å². The number of ether oxygens (including phenoxy) is 1. The number of nitrogens with zero attached hydrogens (tertiary/aromatic N) is 4. The average molecular weight is 473 g/mol. The monoisotopic (exact) mass is 472 g/mol. The Morgan fingerprint density at radius 1 is 1.11 bits per heavy atom. The Labute approximate surface area is 204 Å². The van der Waals surface area contributed by atoms with Gasteiger partial charge in [0.25, 0.3) is 11.8 Å². The third-order valence-corrected chi connectivity index (χ3v) is 6.41. The van der Waals surface area contributed by atoms with E-state index in [2.05, 4.69) is 21.9 Å². The number of carbonyl (C=O) groups is 2. The molecule has 9 heteroatoms. The molecule has 2 aromatic heterocycles. The maximum Gasteiger partial charge on any atom is 0.298 e. The first-order valence-electron chi connectivity index (χ1n) is 11.0. The van der Waals surface area contributed by atoms with Gasteiger partial charge in [0.1, 0.15) is 28.6 Å². The van der Waals surface area contributed by atoms with Gasteiger partial charge in [0.15, 0.2) is 0 Å². The first-order chi connectivity index (χ1) is 16.4. The minimum absolute atomic E-state index is 0. The van der Waals surface area contributed by atoms with Crippen molar-refractivity contribution in [2.75, 3.05) is 18.8 Å². The average Bonchev–Trinajstić information content (AvgIpc) is 3.10. The second kappa shape index (κ2) is 9.14. The lowest BCUT2D eigenvalue weighted by atomic mass is 9.60. The van der Waals surface area contributed by atoms with Crippen molar-refractivity contribution >= 4 is 17.6 Å². The Morgan fingerprint density at radius 2 is 1.83 bits per heavy atom. The highest BCUT2D eigenvalue weighted by Gasteiger charge is 2.54. The van der Waals surface area contributed by atoms with Gasteiger partial charge < -0.3 is 21.1 Å². The van der Waals surface area contributed by atoms with E-state index < -0.39 is 5.91 Å². The summed E-state index contributed by atoms with van der Waals surface area (Å²) in [6.07, 6.45) is 3.20. The lowest BCUT2D eigenvalue weighted by Gasteiger charge is -2.58. The molecule has 0 atom stereocenters. The van der Waals surface area contributed by atoms with Gasteiger partial charge in [0, 0.05) is 18.5 Å². The van der Waals surface area contributed by atoms with E-state index in [-0.39, 0.29) is 36.2 Å². The van der Waals surface area contributed by atoms with Crippen LogP contribution < -0.4 is 16.2 Å². The molecule has 1 aliphatic carbocycles. The van der Waals surface area contributed by atoms with E-state index in [4.69, 9.17) is 16.2 Å². The predicted octanol–water partition coefficient (Wildman–Crippen LogP) is 3.24. The molecular formula is C26H28N6O3. The van der Waals surface area contributed by atoms with Gasteiger partial charge in [-0.05, 0) is 50.0 Å². The summed E-state index contributed by atoms with van der Waals surface area (Å²) in [5.41, 5.74) is 13.0. The van der Waals surface area contributed by atoms with Crippen LogP contribution in [0.5, 0.6) is 11.5 Å². The summed E-state index contributed by atoms with van der Waals surface area (Å²) in [4.78, 5) is 30.3. The Bertz CT molecular complexity index is 1310.